The van der Waals surface area contributed by atoms with Crippen LogP contribution in [-0.4, -0.2) is 43.2 Å². The lowest BCUT2D eigenvalue weighted by atomic mass is 11.0. The Morgan fingerprint density at radius 2 is 0.625 bits per heavy atom. The highest BCUT2D eigenvalue weighted by Gasteiger charge is 1.96. The van der Waals surface area contributed by atoms with E-state index in [4.69, 9.17) is 7.58 Å². The summed E-state index contributed by atoms with van der Waals surface area (Å²) >= 11 is -1.30. The fraction of sp³-hybridized carbons (Fsp3) is 1.00. The molecule has 0 saturated heterocycles. The lowest BCUT2D eigenvalue weighted by Gasteiger charge is -1.87. The third kappa shape index (κ3) is 118. The molecule has 0 aliphatic carbocycles. The van der Waals surface area contributed by atoms with Gasteiger partial charge in [-0.3, -0.25) is 0 Å². The predicted molar refractivity (Wildman–Crippen MR) is 87.3 cm³/mol. The van der Waals surface area contributed by atoms with E-state index in [9.17, 15) is 0 Å². The molecule has 4 heteroatoms. The van der Waals surface area contributed by atoms with Gasteiger partial charge in [-0.2, -0.15) is 0 Å². The Morgan fingerprint density at radius 3 is 0.625 bits per heavy atom. The minimum atomic E-state index is -0.650. The smallest absolute Gasteiger partial charge is 0.453 e. The Kier molecular flexibility index (Phi) is 121. The number of hydrogen-bond acceptors (Lipinski definition) is 2. The lowest BCUT2D eigenvalue weighted by Crippen LogP contribution is -2.00. The van der Waals surface area contributed by atoms with Crippen LogP contribution in [0.3, 0.4) is 0 Å². The van der Waals surface area contributed by atoms with E-state index >= 15 is 0 Å². The molecule has 0 aromatic carbocycles. The van der Waals surface area contributed by atoms with Gasteiger partial charge >= 0.3 is 29.0 Å². The van der Waals surface area contributed by atoms with E-state index in [1.54, 1.807) is 14.2 Å². The van der Waals surface area contributed by atoms with Crippen LogP contribution in [0.15, 0.2) is 0 Å². The van der Waals surface area contributed by atoms with Gasteiger partial charge < -0.3 is 7.58 Å². The van der Waals surface area contributed by atoms with Crippen molar-refractivity contribution in [2.24, 2.45) is 0 Å². The van der Waals surface area contributed by atoms with E-state index in [0.717, 1.165) is 0 Å². The van der Waals surface area contributed by atoms with Gasteiger partial charge in [0, 0.05) is 14.2 Å². The van der Waals surface area contributed by atoms with Crippen LogP contribution >= 0.6 is 0 Å². The molecule has 0 radical (unpaired) electrons. The molecule has 0 saturated carbocycles. The van der Waals surface area contributed by atoms with Gasteiger partial charge in [-0.1, -0.05) is 66.7 Å². The van der Waals surface area contributed by atoms with Crippen molar-refractivity contribution in [3.8, 4) is 0 Å². The second-order valence-electron chi connectivity index (χ2n) is 2.57. The molecule has 0 N–H and O–H groups in total. The second kappa shape index (κ2) is 44.5. The molecule has 0 atom stereocenters. The highest BCUT2D eigenvalue weighted by molar-refractivity contribution is 6.48. The molecule has 0 aromatic heterocycles. The minimum absolute atomic E-state index is 0. The van der Waals surface area contributed by atoms with Crippen molar-refractivity contribution in [1.29, 1.82) is 0 Å². The average molecular weight is 270 g/mol. The van der Waals surface area contributed by atoms with Gasteiger partial charge in [0.1, 0.15) is 0 Å². The normalized spacial score (nSPS) is 5.25. The van der Waals surface area contributed by atoms with Gasteiger partial charge in [0.2, 0.25) is 0 Å². The molecule has 0 aliphatic heterocycles. The summed E-state index contributed by atoms with van der Waals surface area (Å²) in [5, 5.41) is 0. The first-order valence-corrected chi connectivity index (χ1v) is 10.2. The number of rotatable bonds is 2. The van der Waals surface area contributed by atoms with Crippen molar-refractivity contribution >= 4 is 29.0 Å². The quantitative estimate of drug-likeness (QED) is 0.631. The first kappa shape index (κ1) is 43.5. The van der Waals surface area contributed by atoms with E-state index < -0.39 is 29.0 Å². The maximum absolute atomic E-state index is 4.89. The second-order valence-corrected chi connectivity index (χ2v) is 7.71. The summed E-state index contributed by atoms with van der Waals surface area (Å²) in [4.78, 5) is 0. The SMILES string of the molecule is C.C.C.C.CC.C[O][Al]([CH3])[CH3].C[O][Al]([CH3])[CH3]. The Labute approximate surface area is 117 Å². The zero-order chi connectivity index (χ0) is 10.6. The summed E-state index contributed by atoms with van der Waals surface area (Å²) in [5.41, 5.74) is 0. The Balaban J connectivity index is -0.0000000144. The molecule has 2 nitrogen and oxygen atoms in total. The van der Waals surface area contributed by atoms with Crippen molar-refractivity contribution < 1.29 is 7.58 Å². The third-order valence-corrected chi connectivity index (χ3v) is 2.83. The largest absolute Gasteiger partial charge is 0.503 e. The van der Waals surface area contributed by atoms with Crippen LogP contribution in [0, 0.1) is 0 Å². The van der Waals surface area contributed by atoms with Gasteiger partial charge in [-0.05, 0) is 0 Å². The summed E-state index contributed by atoms with van der Waals surface area (Å²) < 4.78 is 9.78. The first-order chi connectivity index (χ1) is 5.54. The van der Waals surface area contributed by atoms with Crippen LogP contribution < -0.4 is 0 Å². The van der Waals surface area contributed by atoms with E-state index in [-0.39, 0.29) is 29.7 Å². The molecule has 106 valence electrons. The maximum Gasteiger partial charge on any atom is 0.453 e. The topological polar surface area (TPSA) is 18.5 Å². The zero-order valence-electron chi connectivity index (χ0n) is 9.97. The van der Waals surface area contributed by atoms with E-state index in [1.165, 1.54) is 0 Å². The molecular weight excluding hydrogens is 230 g/mol. The third-order valence-electron chi connectivity index (χ3n) is 0.943. The average Bonchev–Trinajstić information content (AvgIpc) is 2.09. The van der Waals surface area contributed by atoms with Gasteiger partial charge in [0.15, 0.2) is 0 Å². The van der Waals surface area contributed by atoms with Crippen LogP contribution in [0.1, 0.15) is 43.6 Å². The molecule has 0 fully saturated rings. The Morgan fingerprint density at radius 1 is 0.562 bits per heavy atom. The molecule has 0 rings (SSSR count). The standard InChI is InChI=1S/C2H6.2CH3O.4CH4.4CH3.2Al/c3*1-2;;;;;;;;;;/h1-2H3;2*1H3;4*1H4;4*1H3;;/q;2*-1;;;;;;;;;2*+1. The van der Waals surface area contributed by atoms with Gasteiger partial charge in [0.05, 0.1) is 0 Å². The summed E-state index contributed by atoms with van der Waals surface area (Å²) in [6, 6.07) is 0. The zero-order valence-corrected chi connectivity index (χ0v) is 12.3. The fourth-order valence-electron chi connectivity index (χ4n) is 0. The first-order valence-electron chi connectivity index (χ1n) is 4.60. The van der Waals surface area contributed by atoms with Crippen molar-refractivity contribution in [3.63, 3.8) is 0 Å². The molecule has 0 bridgehead atoms. The molecule has 0 aromatic rings. The summed E-state index contributed by atoms with van der Waals surface area (Å²) in [7, 11) is 3.52. The molecule has 16 heavy (non-hydrogen) atoms. The highest BCUT2D eigenvalue weighted by Crippen LogP contribution is 1.73. The van der Waals surface area contributed by atoms with Gasteiger partial charge in [-0.25, -0.2) is 0 Å². The number of hydrogen-bond donors (Lipinski definition) is 0. The van der Waals surface area contributed by atoms with Gasteiger partial charge in [-0.15, -0.1) is 0 Å². The molecule has 0 amide bonds. The molecule has 0 heterocycles. The minimum Gasteiger partial charge on any atom is -0.503 e. The van der Waals surface area contributed by atoms with Crippen LogP contribution in [0.25, 0.3) is 0 Å². The van der Waals surface area contributed by atoms with Crippen LogP contribution in [0.2, 0.25) is 23.1 Å². The summed E-state index contributed by atoms with van der Waals surface area (Å²) in [6.07, 6.45) is 0. The van der Waals surface area contributed by atoms with Crippen molar-refractivity contribution in [1.82, 2.24) is 0 Å². The Hall–Kier alpha value is 0.985. The lowest BCUT2D eigenvalue weighted by molar-refractivity contribution is 0.430. The van der Waals surface area contributed by atoms with Gasteiger partial charge in [0.25, 0.3) is 0 Å². The van der Waals surface area contributed by atoms with E-state index in [2.05, 4.69) is 23.1 Å². The molecule has 0 unspecified atom stereocenters. The fourth-order valence-corrected chi connectivity index (χ4v) is 0. The maximum atomic E-state index is 4.89. The van der Waals surface area contributed by atoms with Crippen LogP contribution in [0.5, 0.6) is 0 Å². The van der Waals surface area contributed by atoms with Crippen LogP contribution in [0.4, 0.5) is 0 Å². The van der Waals surface area contributed by atoms with Crippen LogP contribution in [-0.2, 0) is 7.58 Å². The van der Waals surface area contributed by atoms with E-state index in [0.29, 0.717) is 0 Å². The molecule has 0 aliphatic rings. The Bertz CT molecular complexity index is 53.0. The van der Waals surface area contributed by atoms with Crippen molar-refractivity contribution in [3.05, 3.63) is 0 Å². The monoisotopic (exact) mass is 270 g/mol. The summed E-state index contributed by atoms with van der Waals surface area (Å²) in [5.74, 6) is 8.56. The highest BCUT2D eigenvalue weighted by atomic mass is 27.2. The molecular formula is C12H40Al2O2. The summed E-state index contributed by atoms with van der Waals surface area (Å²) in [6.45, 7) is 4.00. The van der Waals surface area contributed by atoms with Crippen molar-refractivity contribution in [2.45, 2.75) is 66.7 Å². The molecule has 0 spiro atoms. The van der Waals surface area contributed by atoms with E-state index in [1.807, 2.05) is 13.8 Å². The predicted octanol–water partition coefficient (Wildman–Crippen LogP) is 5.34. The van der Waals surface area contributed by atoms with Crippen molar-refractivity contribution in [2.75, 3.05) is 14.2 Å².